The molecule has 2 aliphatic rings. The Morgan fingerprint density at radius 3 is 2.89 bits per heavy atom. The van der Waals surface area contributed by atoms with E-state index in [-0.39, 0.29) is 0 Å². The van der Waals surface area contributed by atoms with Gasteiger partial charge < -0.3 is 10.1 Å². The molecule has 104 valence electrons. The van der Waals surface area contributed by atoms with Crippen molar-refractivity contribution in [2.45, 2.75) is 38.0 Å². The molecule has 0 aliphatic carbocycles. The van der Waals surface area contributed by atoms with Crippen molar-refractivity contribution in [3.63, 3.8) is 0 Å². The minimum absolute atomic E-state index is 0.332. The summed E-state index contributed by atoms with van der Waals surface area (Å²) in [6.45, 7) is 6.34. The highest BCUT2D eigenvalue weighted by atomic mass is 16.5. The molecule has 0 aromatic heterocycles. The van der Waals surface area contributed by atoms with E-state index < -0.39 is 0 Å². The summed E-state index contributed by atoms with van der Waals surface area (Å²) in [5.74, 6) is 0. The van der Waals surface area contributed by atoms with Gasteiger partial charge in [0.15, 0.2) is 0 Å². The molecule has 1 N–H and O–H groups in total. The molecule has 3 nitrogen and oxygen atoms in total. The lowest BCUT2D eigenvalue weighted by molar-refractivity contribution is -0.0296. The molecule has 2 fully saturated rings. The Labute approximate surface area is 115 Å². The molecule has 0 saturated carbocycles. The van der Waals surface area contributed by atoms with Crippen molar-refractivity contribution < 1.29 is 4.74 Å². The molecule has 0 amide bonds. The maximum absolute atomic E-state index is 5.93. The van der Waals surface area contributed by atoms with Crippen molar-refractivity contribution in [1.82, 2.24) is 10.2 Å². The van der Waals surface area contributed by atoms with Gasteiger partial charge in [0.05, 0.1) is 12.7 Å². The van der Waals surface area contributed by atoms with Crippen LogP contribution in [-0.4, -0.2) is 43.3 Å². The maximum atomic E-state index is 5.93. The average molecular weight is 260 g/mol. The van der Waals surface area contributed by atoms with Gasteiger partial charge >= 0.3 is 0 Å². The molecular formula is C16H24N2O. The van der Waals surface area contributed by atoms with Crippen LogP contribution in [0.4, 0.5) is 0 Å². The minimum Gasteiger partial charge on any atom is -0.374 e. The maximum Gasteiger partial charge on any atom is 0.0852 e. The van der Waals surface area contributed by atoms with Crippen molar-refractivity contribution in [3.8, 4) is 0 Å². The lowest BCUT2D eigenvalue weighted by Gasteiger charge is -2.37. The summed E-state index contributed by atoms with van der Waals surface area (Å²) in [6, 6.07) is 12.0. The number of benzene rings is 1. The molecule has 1 aromatic carbocycles. The van der Waals surface area contributed by atoms with Gasteiger partial charge in [-0.05, 0) is 31.9 Å². The van der Waals surface area contributed by atoms with Crippen LogP contribution in [0.5, 0.6) is 0 Å². The predicted octanol–water partition coefficient (Wildman–Crippen LogP) is 2.20. The number of nitrogens with zero attached hydrogens (tertiary/aromatic N) is 1. The van der Waals surface area contributed by atoms with Gasteiger partial charge in [0, 0.05) is 25.2 Å². The molecule has 3 rings (SSSR count). The Morgan fingerprint density at radius 2 is 2.16 bits per heavy atom. The lowest BCUT2D eigenvalue weighted by atomic mass is 10.0. The zero-order valence-electron chi connectivity index (χ0n) is 11.7. The van der Waals surface area contributed by atoms with Crippen molar-refractivity contribution in [1.29, 1.82) is 0 Å². The third-order valence-electron chi connectivity index (χ3n) is 4.50. The van der Waals surface area contributed by atoms with E-state index in [1.165, 1.54) is 24.9 Å². The fourth-order valence-electron chi connectivity index (χ4n) is 3.42. The summed E-state index contributed by atoms with van der Waals surface area (Å²) < 4.78 is 5.93. The number of likely N-dealkylation sites (tertiary alicyclic amines) is 1. The fourth-order valence-corrected chi connectivity index (χ4v) is 3.42. The van der Waals surface area contributed by atoms with E-state index in [0.717, 1.165) is 19.7 Å². The Hall–Kier alpha value is -0.900. The zero-order valence-corrected chi connectivity index (χ0v) is 11.7. The predicted molar refractivity (Wildman–Crippen MR) is 77.2 cm³/mol. The van der Waals surface area contributed by atoms with Gasteiger partial charge in [-0.15, -0.1) is 0 Å². The van der Waals surface area contributed by atoms with Crippen molar-refractivity contribution in [2.24, 2.45) is 0 Å². The Balaban J connectivity index is 1.72. The van der Waals surface area contributed by atoms with E-state index >= 15 is 0 Å². The van der Waals surface area contributed by atoms with Crippen LogP contribution in [0.25, 0.3) is 0 Å². The lowest BCUT2D eigenvalue weighted by Crippen LogP contribution is -2.50. The number of ether oxygens (including phenoxy) is 1. The molecular weight excluding hydrogens is 236 g/mol. The van der Waals surface area contributed by atoms with Gasteiger partial charge in [0.1, 0.15) is 0 Å². The second kappa shape index (κ2) is 6.04. The highest BCUT2D eigenvalue weighted by Crippen LogP contribution is 2.34. The van der Waals surface area contributed by atoms with E-state index in [4.69, 9.17) is 4.74 Å². The summed E-state index contributed by atoms with van der Waals surface area (Å²) in [6.07, 6.45) is 2.90. The van der Waals surface area contributed by atoms with Crippen LogP contribution in [0.15, 0.2) is 30.3 Å². The molecule has 1 aromatic rings. The molecule has 0 spiro atoms. The van der Waals surface area contributed by atoms with Crippen LogP contribution in [-0.2, 0) is 4.74 Å². The number of hydrogen-bond acceptors (Lipinski definition) is 3. The van der Waals surface area contributed by atoms with Gasteiger partial charge in [0.2, 0.25) is 0 Å². The molecule has 2 aliphatic heterocycles. The molecule has 3 atom stereocenters. The Bertz CT molecular complexity index is 389. The zero-order chi connectivity index (χ0) is 13.1. The van der Waals surface area contributed by atoms with Crippen LogP contribution in [0, 0.1) is 0 Å². The van der Waals surface area contributed by atoms with Gasteiger partial charge in [-0.2, -0.15) is 0 Å². The van der Waals surface area contributed by atoms with E-state index in [1.807, 2.05) is 0 Å². The molecule has 2 saturated heterocycles. The summed E-state index contributed by atoms with van der Waals surface area (Å²) >= 11 is 0. The molecule has 2 heterocycles. The van der Waals surface area contributed by atoms with Gasteiger partial charge in [-0.25, -0.2) is 0 Å². The van der Waals surface area contributed by atoms with Crippen LogP contribution in [0.2, 0.25) is 0 Å². The fraction of sp³-hybridized carbons (Fsp3) is 0.625. The topological polar surface area (TPSA) is 24.5 Å². The summed E-state index contributed by atoms with van der Waals surface area (Å²) in [7, 11) is 0. The first-order valence-electron chi connectivity index (χ1n) is 7.49. The molecule has 3 heteroatoms. The molecule has 19 heavy (non-hydrogen) atoms. The third kappa shape index (κ3) is 2.83. The van der Waals surface area contributed by atoms with Crippen LogP contribution >= 0.6 is 0 Å². The normalized spacial score (nSPS) is 30.4. The van der Waals surface area contributed by atoms with Gasteiger partial charge in [0.25, 0.3) is 0 Å². The highest BCUT2D eigenvalue weighted by Gasteiger charge is 2.34. The van der Waals surface area contributed by atoms with E-state index in [0.29, 0.717) is 18.2 Å². The molecule has 0 bridgehead atoms. The van der Waals surface area contributed by atoms with Crippen LogP contribution < -0.4 is 5.32 Å². The summed E-state index contributed by atoms with van der Waals surface area (Å²) in [4.78, 5) is 2.63. The Kier molecular flexibility index (Phi) is 4.16. The largest absolute Gasteiger partial charge is 0.374 e. The van der Waals surface area contributed by atoms with E-state index in [9.17, 15) is 0 Å². The highest BCUT2D eigenvalue weighted by molar-refractivity contribution is 5.20. The SMILES string of the molecule is CC(C1CNCCO1)N1CCCC1c1ccccc1. The first-order chi connectivity index (χ1) is 9.36. The third-order valence-corrected chi connectivity index (χ3v) is 4.50. The number of rotatable bonds is 3. The number of nitrogens with one attached hydrogen (secondary N) is 1. The van der Waals surface area contributed by atoms with Crippen molar-refractivity contribution in [3.05, 3.63) is 35.9 Å². The minimum atomic E-state index is 0.332. The van der Waals surface area contributed by atoms with E-state index in [2.05, 4.69) is 47.5 Å². The first kappa shape index (κ1) is 13.1. The molecule has 3 unspecified atom stereocenters. The quantitative estimate of drug-likeness (QED) is 0.901. The number of morpholine rings is 1. The summed E-state index contributed by atoms with van der Waals surface area (Å²) in [5, 5.41) is 3.44. The average Bonchev–Trinajstić information content (AvgIpc) is 2.98. The summed E-state index contributed by atoms with van der Waals surface area (Å²) in [5.41, 5.74) is 1.45. The van der Waals surface area contributed by atoms with Crippen molar-refractivity contribution in [2.75, 3.05) is 26.2 Å². The van der Waals surface area contributed by atoms with Crippen molar-refractivity contribution >= 4 is 0 Å². The molecule has 0 radical (unpaired) electrons. The first-order valence-corrected chi connectivity index (χ1v) is 7.49. The number of hydrogen-bond donors (Lipinski definition) is 1. The van der Waals surface area contributed by atoms with Crippen LogP contribution in [0.1, 0.15) is 31.4 Å². The second-order valence-electron chi connectivity index (χ2n) is 5.66. The van der Waals surface area contributed by atoms with Crippen LogP contribution in [0.3, 0.4) is 0 Å². The van der Waals surface area contributed by atoms with Gasteiger partial charge in [-0.3, -0.25) is 4.90 Å². The monoisotopic (exact) mass is 260 g/mol. The van der Waals surface area contributed by atoms with E-state index in [1.54, 1.807) is 0 Å². The Morgan fingerprint density at radius 1 is 1.32 bits per heavy atom. The standard InChI is InChI=1S/C16H24N2O/c1-13(16-12-17-9-11-19-16)18-10-5-8-15(18)14-6-3-2-4-7-14/h2-4,6-7,13,15-17H,5,8-12H2,1H3. The van der Waals surface area contributed by atoms with Gasteiger partial charge in [-0.1, -0.05) is 30.3 Å². The second-order valence-corrected chi connectivity index (χ2v) is 5.66. The smallest absolute Gasteiger partial charge is 0.0852 e.